The topological polar surface area (TPSA) is 0 Å². The van der Waals surface area contributed by atoms with Crippen LogP contribution < -0.4 is 0 Å². The minimum atomic E-state index is 0.375. The van der Waals surface area contributed by atoms with Crippen molar-refractivity contribution in [2.45, 2.75) is 25.7 Å². The summed E-state index contributed by atoms with van der Waals surface area (Å²) in [5.41, 5.74) is 2.72. The summed E-state index contributed by atoms with van der Waals surface area (Å²) in [5.74, 6) is 0.750. The van der Waals surface area contributed by atoms with E-state index < -0.39 is 0 Å². The van der Waals surface area contributed by atoms with Crippen LogP contribution in [0, 0.1) is 0 Å². The van der Waals surface area contributed by atoms with Crippen molar-refractivity contribution < 1.29 is 0 Å². The van der Waals surface area contributed by atoms with Crippen LogP contribution in [-0.4, -0.2) is 0 Å². The molecule has 0 aliphatic carbocycles. The lowest BCUT2D eigenvalue weighted by Gasteiger charge is -2.23. The first-order valence-electron chi connectivity index (χ1n) is 7.22. The lowest BCUT2D eigenvalue weighted by Crippen LogP contribution is -2.07. The van der Waals surface area contributed by atoms with Crippen LogP contribution in [0.5, 0.6) is 0 Å². The van der Waals surface area contributed by atoms with Gasteiger partial charge in [0.25, 0.3) is 0 Å². The number of hydrogen-bond donors (Lipinski definition) is 0. The second kappa shape index (κ2) is 7.49. The molecule has 102 valence electrons. The Morgan fingerprint density at radius 3 is 1.25 bits per heavy atom. The quantitative estimate of drug-likeness (QED) is 0.606. The Morgan fingerprint density at radius 2 is 0.950 bits per heavy atom. The lowest BCUT2D eigenvalue weighted by atomic mass is 9.81. The van der Waals surface area contributed by atoms with Gasteiger partial charge in [-0.3, -0.25) is 0 Å². The average molecular weight is 262 g/mol. The van der Waals surface area contributed by atoms with Crippen molar-refractivity contribution >= 4 is 0 Å². The largest absolute Gasteiger partial charge is 0.0910 e. The maximum atomic E-state index is 2.30. The molecule has 2 rings (SSSR count). The molecule has 0 nitrogen and oxygen atoms in total. The van der Waals surface area contributed by atoms with Crippen LogP contribution in [-0.2, 0) is 0 Å². The van der Waals surface area contributed by atoms with Crippen LogP contribution in [0.3, 0.4) is 0 Å². The summed E-state index contributed by atoms with van der Waals surface area (Å²) in [5, 5.41) is 0. The van der Waals surface area contributed by atoms with Gasteiger partial charge in [0.2, 0.25) is 0 Å². The highest BCUT2D eigenvalue weighted by Crippen LogP contribution is 2.35. The van der Waals surface area contributed by atoms with Crippen LogP contribution >= 0.6 is 0 Å². The molecule has 20 heavy (non-hydrogen) atoms. The number of hydrogen-bond acceptors (Lipinski definition) is 0. The molecular weight excluding hydrogens is 240 g/mol. The van der Waals surface area contributed by atoms with Crippen molar-refractivity contribution in [2.24, 2.45) is 0 Å². The van der Waals surface area contributed by atoms with Gasteiger partial charge in [0.15, 0.2) is 0 Å². The summed E-state index contributed by atoms with van der Waals surface area (Å²) in [7, 11) is 0. The van der Waals surface area contributed by atoms with Crippen LogP contribution in [0.4, 0.5) is 0 Å². The molecule has 2 aromatic rings. The lowest BCUT2D eigenvalue weighted by molar-refractivity contribution is 0.736. The van der Waals surface area contributed by atoms with Crippen molar-refractivity contribution in [1.29, 1.82) is 0 Å². The van der Waals surface area contributed by atoms with Gasteiger partial charge in [0, 0.05) is 11.8 Å². The summed E-state index contributed by atoms with van der Waals surface area (Å²) < 4.78 is 0. The van der Waals surface area contributed by atoms with Gasteiger partial charge in [-0.25, -0.2) is 0 Å². The van der Waals surface area contributed by atoms with Gasteiger partial charge in [-0.1, -0.05) is 85.0 Å². The van der Waals surface area contributed by atoms with E-state index in [-0.39, 0.29) is 0 Å². The van der Waals surface area contributed by atoms with E-state index in [4.69, 9.17) is 0 Å². The fraction of sp³-hybridized carbons (Fsp3) is 0.200. The number of rotatable bonds is 5. The van der Waals surface area contributed by atoms with E-state index in [0.717, 1.165) is 0 Å². The van der Waals surface area contributed by atoms with Crippen molar-refractivity contribution in [3.8, 4) is 0 Å². The summed E-state index contributed by atoms with van der Waals surface area (Å²) in [6.07, 6.45) is 8.90. The van der Waals surface area contributed by atoms with Gasteiger partial charge in [-0.15, -0.1) is 0 Å². The van der Waals surface area contributed by atoms with Crippen molar-refractivity contribution in [3.05, 3.63) is 96.1 Å². The predicted molar refractivity (Wildman–Crippen MR) is 88.0 cm³/mol. The molecule has 0 aliphatic heterocycles. The summed E-state index contributed by atoms with van der Waals surface area (Å²) in [6.45, 7) is 4.18. The van der Waals surface area contributed by atoms with E-state index in [2.05, 4.69) is 98.8 Å². The first-order valence-corrected chi connectivity index (χ1v) is 7.22. The van der Waals surface area contributed by atoms with E-state index >= 15 is 0 Å². The molecule has 0 bridgehead atoms. The first kappa shape index (κ1) is 14.3. The highest BCUT2D eigenvalue weighted by Gasteiger charge is 2.19. The highest BCUT2D eigenvalue weighted by molar-refractivity contribution is 5.35. The Kier molecular flexibility index (Phi) is 5.37. The molecule has 0 saturated heterocycles. The molecule has 0 heteroatoms. The second-order valence-corrected chi connectivity index (χ2v) is 4.92. The fourth-order valence-electron chi connectivity index (χ4n) is 2.64. The molecule has 0 heterocycles. The van der Waals surface area contributed by atoms with Crippen molar-refractivity contribution in [3.63, 3.8) is 0 Å². The van der Waals surface area contributed by atoms with Crippen LogP contribution in [0.15, 0.2) is 85.0 Å². The summed E-state index contributed by atoms with van der Waals surface area (Å²) in [4.78, 5) is 0. The van der Waals surface area contributed by atoms with Crippen LogP contribution in [0.25, 0.3) is 0 Å². The fourth-order valence-corrected chi connectivity index (χ4v) is 2.64. The molecule has 2 aromatic carbocycles. The van der Waals surface area contributed by atoms with E-state index in [1.807, 2.05) is 0 Å². The van der Waals surface area contributed by atoms with Crippen molar-refractivity contribution in [2.75, 3.05) is 0 Å². The SMILES string of the molecule is C/C=C/C(c1ccccc1)C(/C=C/C)c1ccccc1. The molecule has 2 atom stereocenters. The Balaban J connectivity index is 2.44. The van der Waals surface area contributed by atoms with Gasteiger partial charge < -0.3 is 0 Å². The maximum absolute atomic E-state index is 2.30. The summed E-state index contributed by atoms with van der Waals surface area (Å²) in [6, 6.07) is 21.5. The molecule has 2 unspecified atom stereocenters. The third-order valence-electron chi connectivity index (χ3n) is 3.56. The number of benzene rings is 2. The van der Waals surface area contributed by atoms with Crippen LogP contribution in [0.2, 0.25) is 0 Å². The molecule has 0 aliphatic rings. The minimum Gasteiger partial charge on any atom is -0.0910 e. The highest BCUT2D eigenvalue weighted by atomic mass is 14.2. The monoisotopic (exact) mass is 262 g/mol. The molecule has 0 N–H and O–H groups in total. The second-order valence-electron chi connectivity index (χ2n) is 4.92. The normalized spacial score (nSPS) is 14.7. The Hall–Kier alpha value is -2.08. The zero-order chi connectivity index (χ0) is 14.2. The van der Waals surface area contributed by atoms with Gasteiger partial charge in [0.1, 0.15) is 0 Å². The third kappa shape index (κ3) is 3.48. The first-order chi connectivity index (χ1) is 9.86. The van der Waals surface area contributed by atoms with E-state index in [1.165, 1.54) is 11.1 Å². The van der Waals surface area contributed by atoms with E-state index in [0.29, 0.717) is 11.8 Å². The zero-order valence-electron chi connectivity index (χ0n) is 12.2. The smallest absolute Gasteiger partial charge is 0.0121 e. The molecule has 0 amide bonds. The molecule has 0 fully saturated rings. The number of allylic oxidation sites excluding steroid dienone is 4. The maximum Gasteiger partial charge on any atom is 0.0121 e. The summed E-state index contributed by atoms with van der Waals surface area (Å²) >= 11 is 0. The van der Waals surface area contributed by atoms with Crippen molar-refractivity contribution in [1.82, 2.24) is 0 Å². The predicted octanol–water partition coefficient (Wildman–Crippen LogP) is 5.71. The van der Waals surface area contributed by atoms with Gasteiger partial charge in [0.05, 0.1) is 0 Å². The Labute approximate surface area is 122 Å². The zero-order valence-corrected chi connectivity index (χ0v) is 12.2. The Morgan fingerprint density at radius 1 is 0.600 bits per heavy atom. The molecule has 0 spiro atoms. The Bertz CT molecular complexity index is 496. The molecular formula is C20H22. The van der Waals surface area contributed by atoms with Gasteiger partial charge in [-0.2, -0.15) is 0 Å². The van der Waals surface area contributed by atoms with E-state index in [1.54, 1.807) is 0 Å². The molecule has 0 aromatic heterocycles. The third-order valence-corrected chi connectivity index (χ3v) is 3.56. The van der Waals surface area contributed by atoms with Gasteiger partial charge >= 0.3 is 0 Å². The van der Waals surface area contributed by atoms with Crippen LogP contribution in [0.1, 0.15) is 36.8 Å². The minimum absolute atomic E-state index is 0.375. The molecule has 0 saturated carbocycles. The molecule has 0 radical (unpaired) electrons. The standard InChI is InChI=1S/C20H22/c1-3-11-19(17-13-7-5-8-14-17)20(12-4-2)18-15-9-6-10-16-18/h3-16,19-20H,1-2H3/b11-3+,12-4+. The van der Waals surface area contributed by atoms with E-state index in [9.17, 15) is 0 Å². The van der Waals surface area contributed by atoms with Gasteiger partial charge in [-0.05, 0) is 25.0 Å². The average Bonchev–Trinajstić information content (AvgIpc) is 2.52.